The predicted molar refractivity (Wildman–Crippen MR) is 90.4 cm³/mol. The van der Waals surface area contributed by atoms with Crippen LogP contribution < -0.4 is 10.6 Å². The molecule has 24 heavy (non-hydrogen) atoms. The van der Waals surface area contributed by atoms with E-state index >= 15 is 0 Å². The van der Waals surface area contributed by atoms with E-state index in [9.17, 15) is 4.79 Å². The summed E-state index contributed by atoms with van der Waals surface area (Å²) in [5.74, 6) is 0.942. The number of rotatable bonds is 4. The lowest BCUT2D eigenvalue weighted by molar-refractivity contribution is 0.102. The van der Waals surface area contributed by atoms with Gasteiger partial charge in [-0.1, -0.05) is 23.4 Å². The normalized spacial score (nSPS) is 10.5. The fourth-order valence-electron chi connectivity index (χ4n) is 2.27. The van der Waals surface area contributed by atoms with Crippen molar-refractivity contribution in [1.29, 1.82) is 0 Å². The number of anilines is 3. The molecule has 0 aliphatic heterocycles. The van der Waals surface area contributed by atoms with Gasteiger partial charge in [0.05, 0.1) is 0 Å². The largest absolute Gasteiger partial charge is 0.360 e. The van der Waals surface area contributed by atoms with Gasteiger partial charge in [0, 0.05) is 18.0 Å². The van der Waals surface area contributed by atoms with E-state index in [1.54, 1.807) is 13.0 Å². The molecule has 7 heteroatoms. The van der Waals surface area contributed by atoms with Gasteiger partial charge < -0.3 is 15.2 Å². The molecule has 7 nitrogen and oxygen atoms in total. The number of aryl methyl sites for hydroxylation is 3. The quantitative estimate of drug-likeness (QED) is 0.764. The zero-order valence-electron chi connectivity index (χ0n) is 13.6. The first kappa shape index (κ1) is 15.7. The van der Waals surface area contributed by atoms with Gasteiger partial charge in [0.2, 0.25) is 5.95 Å². The molecule has 1 amide bonds. The summed E-state index contributed by atoms with van der Waals surface area (Å²) in [5.41, 5.74) is 3.32. The maximum atomic E-state index is 12.3. The zero-order chi connectivity index (χ0) is 17.1. The zero-order valence-corrected chi connectivity index (χ0v) is 13.6. The van der Waals surface area contributed by atoms with Crippen LogP contribution in [-0.4, -0.2) is 21.0 Å². The molecule has 2 aromatic heterocycles. The fraction of sp³-hybridized carbons (Fsp3) is 0.176. The van der Waals surface area contributed by atoms with Crippen LogP contribution in [0.5, 0.6) is 0 Å². The lowest BCUT2D eigenvalue weighted by Crippen LogP contribution is -2.15. The smallest absolute Gasteiger partial charge is 0.275 e. The topological polar surface area (TPSA) is 92.9 Å². The van der Waals surface area contributed by atoms with E-state index in [0.29, 0.717) is 17.5 Å². The molecule has 2 heterocycles. The summed E-state index contributed by atoms with van der Waals surface area (Å²) < 4.78 is 4.92. The highest BCUT2D eigenvalue weighted by atomic mass is 16.5. The monoisotopic (exact) mass is 323 g/mol. The van der Waals surface area contributed by atoms with Crippen molar-refractivity contribution in [3.63, 3.8) is 0 Å². The summed E-state index contributed by atoms with van der Waals surface area (Å²) in [6.07, 6.45) is 1.53. The van der Waals surface area contributed by atoms with E-state index in [4.69, 9.17) is 4.52 Å². The molecule has 1 aromatic carbocycles. The minimum Gasteiger partial charge on any atom is -0.360 e. The summed E-state index contributed by atoms with van der Waals surface area (Å²) in [4.78, 5) is 20.7. The van der Waals surface area contributed by atoms with Gasteiger partial charge in [-0.3, -0.25) is 4.79 Å². The second-order valence-corrected chi connectivity index (χ2v) is 5.43. The Morgan fingerprint density at radius 1 is 1.12 bits per heavy atom. The number of carbonyl (C=O) groups excluding carboxylic acids is 1. The molecule has 0 saturated carbocycles. The van der Waals surface area contributed by atoms with Crippen molar-refractivity contribution in [3.8, 4) is 0 Å². The minimum absolute atomic E-state index is 0.236. The van der Waals surface area contributed by atoms with Crippen LogP contribution in [0.3, 0.4) is 0 Å². The molecular weight excluding hydrogens is 306 g/mol. The molecule has 3 rings (SSSR count). The van der Waals surface area contributed by atoms with Crippen molar-refractivity contribution in [3.05, 3.63) is 59.1 Å². The molecule has 0 aliphatic rings. The molecule has 0 atom stereocenters. The van der Waals surface area contributed by atoms with Gasteiger partial charge in [0.25, 0.3) is 5.91 Å². The highest BCUT2D eigenvalue weighted by Gasteiger charge is 2.12. The van der Waals surface area contributed by atoms with Crippen LogP contribution in [0.25, 0.3) is 0 Å². The molecule has 0 radical (unpaired) electrons. The summed E-state index contributed by atoms with van der Waals surface area (Å²) in [6, 6.07) is 9.16. The summed E-state index contributed by atoms with van der Waals surface area (Å²) >= 11 is 0. The first-order valence-corrected chi connectivity index (χ1v) is 7.44. The summed E-state index contributed by atoms with van der Waals surface area (Å²) in [6.45, 7) is 5.75. The van der Waals surface area contributed by atoms with Gasteiger partial charge in [-0.05, 0) is 38.0 Å². The van der Waals surface area contributed by atoms with E-state index in [0.717, 1.165) is 16.8 Å². The second kappa shape index (κ2) is 6.49. The van der Waals surface area contributed by atoms with Crippen LogP contribution in [0.15, 0.2) is 41.1 Å². The maximum absolute atomic E-state index is 12.3. The van der Waals surface area contributed by atoms with Gasteiger partial charge in [-0.25, -0.2) is 9.97 Å². The van der Waals surface area contributed by atoms with Crippen molar-refractivity contribution in [2.45, 2.75) is 20.8 Å². The van der Waals surface area contributed by atoms with Crippen molar-refractivity contribution >= 4 is 23.4 Å². The van der Waals surface area contributed by atoms with Gasteiger partial charge in [-0.15, -0.1) is 0 Å². The van der Waals surface area contributed by atoms with Gasteiger partial charge >= 0.3 is 0 Å². The number of benzene rings is 1. The van der Waals surface area contributed by atoms with E-state index in [-0.39, 0.29) is 11.6 Å². The van der Waals surface area contributed by atoms with E-state index in [1.807, 2.05) is 32.0 Å². The van der Waals surface area contributed by atoms with Gasteiger partial charge in [0.1, 0.15) is 11.5 Å². The average molecular weight is 323 g/mol. The third-order valence-corrected chi connectivity index (χ3v) is 3.48. The maximum Gasteiger partial charge on any atom is 0.275 e. The fourth-order valence-corrected chi connectivity index (χ4v) is 2.27. The Bertz CT molecular complexity index is 868. The molecule has 0 saturated heterocycles. The average Bonchev–Trinajstić information content (AvgIpc) is 2.96. The van der Waals surface area contributed by atoms with Gasteiger partial charge in [0.15, 0.2) is 5.82 Å². The van der Waals surface area contributed by atoms with Crippen molar-refractivity contribution < 1.29 is 9.32 Å². The third-order valence-electron chi connectivity index (χ3n) is 3.48. The number of carbonyl (C=O) groups is 1. The number of amides is 1. The molecule has 0 bridgehead atoms. The van der Waals surface area contributed by atoms with E-state index in [2.05, 4.69) is 25.8 Å². The predicted octanol–water partition coefficient (Wildman–Crippen LogP) is 3.39. The molecule has 122 valence electrons. The van der Waals surface area contributed by atoms with E-state index in [1.165, 1.54) is 12.3 Å². The molecule has 0 aliphatic carbocycles. The Morgan fingerprint density at radius 3 is 2.54 bits per heavy atom. The number of hydrogen-bond acceptors (Lipinski definition) is 6. The number of para-hydroxylation sites is 1. The molecule has 0 fully saturated rings. The highest BCUT2D eigenvalue weighted by Crippen LogP contribution is 2.22. The van der Waals surface area contributed by atoms with Crippen LogP contribution >= 0.6 is 0 Å². The summed E-state index contributed by atoms with van der Waals surface area (Å²) in [7, 11) is 0. The minimum atomic E-state index is -0.379. The second-order valence-electron chi connectivity index (χ2n) is 5.43. The Morgan fingerprint density at radius 2 is 1.88 bits per heavy atom. The van der Waals surface area contributed by atoms with Crippen molar-refractivity contribution in [1.82, 2.24) is 15.1 Å². The molecular formula is C17H17N5O2. The van der Waals surface area contributed by atoms with Crippen molar-refractivity contribution in [2.24, 2.45) is 0 Å². The van der Waals surface area contributed by atoms with Crippen LogP contribution in [-0.2, 0) is 0 Å². The van der Waals surface area contributed by atoms with Gasteiger partial charge in [-0.2, -0.15) is 0 Å². The first-order valence-electron chi connectivity index (χ1n) is 7.44. The first-order chi connectivity index (χ1) is 11.5. The SMILES string of the molecule is Cc1cc(NC(=O)c2ccnc(Nc3c(C)cccc3C)n2)no1. The Kier molecular flexibility index (Phi) is 4.24. The molecule has 0 unspecified atom stereocenters. The lowest BCUT2D eigenvalue weighted by atomic mass is 10.1. The Hall–Kier alpha value is -3.22. The van der Waals surface area contributed by atoms with Crippen LogP contribution in [0.2, 0.25) is 0 Å². The van der Waals surface area contributed by atoms with Crippen LogP contribution in [0, 0.1) is 20.8 Å². The number of aromatic nitrogens is 3. The number of hydrogen-bond donors (Lipinski definition) is 2. The van der Waals surface area contributed by atoms with Crippen LogP contribution in [0.1, 0.15) is 27.4 Å². The van der Waals surface area contributed by atoms with Crippen molar-refractivity contribution in [2.75, 3.05) is 10.6 Å². The summed E-state index contributed by atoms with van der Waals surface area (Å²) in [5, 5.41) is 9.53. The molecule has 3 aromatic rings. The standard InChI is InChI=1S/C17H17N5O2/c1-10-5-4-6-11(2)15(10)21-17-18-8-7-13(19-17)16(23)20-14-9-12(3)24-22-14/h4-9H,1-3H3,(H,18,19,21)(H,20,22,23). The van der Waals surface area contributed by atoms with E-state index < -0.39 is 0 Å². The highest BCUT2D eigenvalue weighted by molar-refractivity contribution is 6.02. The number of nitrogens with one attached hydrogen (secondary N) is 2. The third kappa shape index (κ3) is 3.40. The Balaban J connectivity index is 1.80. The molecule has 2 N–H and O–H groups in total. The van der Waals surface area contributed by atoms with Crippen LogP contribution in [0.4, 0.5) is 17.5 Å². The molecule has 0 spiro atoms. The lowest BCUT2D eigenvalue weighted by Gasteiger charge is -2.11. The Labute approximate surface area is 139 Å². The number of nitrogens with zero attached hydrogens (tertiary/aromatic N) is 3.